The summed E-state index contributed by atoms with van der Waals surface area (Å²) < 4.78 is 4.98. The van der Waals surface area contributed by atoms with Crippen LogP contribution in [-0.2, 0) is 11.2 Å². The Balaban J connectivity index is 1.91. The zero-order valence-electron chi connectivity index (χ0n) is 11.4. The molecule has 0 atom stereocenters. The number of aryl methyl sites for hydroxylation is 1. The Bertz CT molecular complexity index is 514. The third kappa shape index (κ3) is 3.86. The van der Waals surface area contributed by atoms with Crippen molar-refractivity contribution in [1.82, 2.24) is 15.3 Å². The molecule has 0 amide bonds. The van der Waals surface area contributed by atoms with Gasteiger partial charge in [-0.15, -0.1) is 11.3 Å². The van der Waals surface area contributed by atoms with E-state index in [0.29, 0.717) is 0 Å². The van der Waals surface area contributed by atoms with Crippen molar-refractivity contribution in [2.24, 2.45) is 0 Å². The van der Waals surface area contributed by atoms with Crippen LogP contribution in [0.15, 0.2) is 12.4 Å². The number of ether oxygens (including phenoxy) is 1. The summed E-state index contributed by atoms with van der Waals surface area (Å²) in [5.41, 5.74) is 0. The van der Waals surface area contributed by atoms with Gasteiger partial charge in [0.2, 0.25) is 0 Å². The Hall–Kier alpha value is -1.24. The number of methoxy groups -OCH3 is 1. The van der Waals surface area contributed by atoms with Crippen LogP contribution in [0.1, 0.15) is 11.8 Å². The molecule has 0 fully saturated rings. The summed E-state index contributed by atoms with van der Waals surface area (Å²) in [6.45, 7) is 5.50. The molecule has 19 heavy (non-hydrogen) atoms. The number of aromatic nitrogens is 2. The zero-order chi connectivity index (χ0) is 13.5. The number of rotatable bonds is 8. The highest BCUT2D eigenvalue weighted by Gasteiger charge is 2.07. The number of nitrogens with one attached hydrogen (secondary N) is 2. The molecule has 0 unspecified atom stereocenters. The molecule has 0 bridgehead atoms. The van der Waals surface area contributed by atoms with Crippen molar-refractivity contribution in [3.63, 3.8) is 0 Å². The minimum atomic E-state index is 0.738. The molecule has 0 saturated carbocycles. The average Bonchev–Trinajstić information content (AvgIpc) is 2.86. The van der Waals surface area contributed by atoms with Crippen molar-refractivity contribution in [1.29, 1.82) is 0 Å². The third-order valence-electron chi connectivity index (χ3n) is 2.81. The molecule has 5 nitrogen and oxygen atoms in total. The van der Waals surface area contributed by atoms with E-state index < -0.39 is 0 Å². The first-order valence-corrected chi connectivity index (χ1v) is 7.33. The minimum absolute atomic E-state index is 0.738. The van der Waals surface area contributed by atoms with Crippen LogP contribution in [0.25, 0.3) is 10.2 Å². The highest BCUT2D eigenvalue weighted by atomic mass is 32.1. The lowest BCUT2D eigenvalue weighted by Crippen LogP contribution is -2.25. The fourth-order valence-corrected chi connectivity index (χ4v) is 2.72. The van der Waals surface area contributed by atoms with Gasteiger partial charge >= 0.3 is 0 Å². The van der Waals surface area contributed by atoms with Crippen molar-refractivity contribution in [2.45, 2.75) is 13.3 Å². The van der Waals surface area contributed by atoms with Crippen molar-refractivity contribution in [3.8, 4) is 0 Å². The van der Waals surface area contributed by atoms with Crippen molar-refractivity contribution < 1.29 is 4.74 Å². The second-order valence-electron chi connectivity index (χ2n) is 4.18. The maximum absolute atomic E-state index is 4.98. The summed E-state index contributed by atoms with van der Waals surface area (Å²) in [4.78, 5) is 11.0. The average molecular weight is 280 g/mol. The van der Waals surface area contributed by atoms with Gasteiger partial charge in [-0.3, -0.25) is 0 Å². The van der Waals surface area contributed by atoms with E-state index in [9.17, 15) is 0 Å². The van der Waals surface area contributed by atoms with Gasteiger partial charge in [0.05, 0.1) is 12.0 Å². The van der Waals surface area contributed by atoms with Gasteiger partial charge in [0.25, 0.3) is 0 Å². The molecule has 0 radical (unpaired) electrons. The normalized spacial score (nSPS) is 11.1. The number of thiophene rings is 1. The Morgan fingerprint density at radius 2 is 2.16 bits per heavy atom. The predicted octanol–water partition coefficient (Wildman–Crippen LogP) is 1.90. The van der Waals surface area contributed by atoms with Crippen molar-refractivity contribution in [3.05, 3.63) is 17.3 Å². The largest absolute Gasteiger partial charge is 0.383 e. The summed E-state index contributed by atoms with van der Waals surface area (Å²) in [7, 11) is 1.71. The van der Waals surface area contributed by atoms with E-state index >= 15 is 0 Å². The van der Waals surface area contributed by atoms with E-state index in [1.165, 1.54) is 4.88 Å². The molecule has 0 saturated heterocycles. The van der Waals surface area contributed by atoms with Crippen LogP contribution in [0.4, 0.5) is 5.82 Å². The van der Waals surface area contributed by atoms with Crippen LogP contribution in [0, 0.1) is 0 Å². The smallest absolute Gasteiger partial charge is 0.138 e. The lowest BCUT2D eigenvalue weighted by Gasteiger charge is -2.07. The van der Waals surface area contributed by atoms with Crippen LogP contribution >= 0.6 is 11.3 Å². The molecule has 6 heteroatoms. The molecule has 0 aliphatic heterocycles. The number of nitrogens with zero attached hydrogens (tertiary/aromatic N) is 2. The fourth-order valence-electron chi connectivity index (χ4n) is 1.79. The molecule has 2 N–H and O–H groups in total. The molecule has 2 aromatic heterocycles. The molecular formula is C13H20N4OS. The first-order chi connectivity index (χ1) is 9.35. The highest BCUT2D eigenvalue weighted by molar-refractivity contribution is 7.18. The van der Waals surface area contributed by atoms with Crippen molar-refractivity contribution >= 4 is 27.4 Å². The van der Waals surface area contributed by atoms with E-state index in [2.05, 4.69) is 33.6 Å². The Morgan fingerprint density at radius 1 is 1.26 bits per heavy atom. The molecule has 2 aromatic rings. The van der Waals surface area contributed by atoms with E-state index in [1.54, 1.807) is 24.8 Å². The molecule has 0 aromatic carbocycles. The first-order valence-electron chi connectivity index (χ1n) is 6.52. The summed E-state index contributed by atoms with van der Waals surface area (Å²) >= 11 is 1.74. The molecular weight excluding hydrogens is 260 g/mol. The number of hydrogen-bond donors (Lipinski definition) is 2. The van der Waals surface area contributed by atoms with E-state index in [0.717, 1.165) is 48.7 Å². The second kappa shape index (κ2) is 7.37. The SMILES string of the molecule is CCc1cc2c(NCCNCCOC)ncnc2s1. The maximum Gasteiger partial charge on any atom is 0.138 e. The van der Waals surface area contributed by atoms with Gasteiger partial charge in [-0.05, 0) is 12.5 Å². The maximum atomic E-state index is 4.98. The van der Waals surface area contributed by atoms with Crippen LogP contribution in [-0.4, -0.2) is 43.3 Å². The van der Waals surface area contributed by atoms with Crippen LogP contribution in [0.5, 0.6) is 0 Å². The third-order valence-corrected chi connectivity index (χ3v) is 3.99. The van der Waals surface area contributed by atoms with Crippen LogP contribution < -0.4 is 10.6 Å². The quantitative estimate of drug-likeness (QED) is 0.723. The van der Waals surface area contributed by atoms with Gasteiger partial charge in [0, 0.05) is 31.6 Å². The van der Waals surface area contributed by atoms with E-state index in [-0.39, 0.29) is 0 Å². The summed E-state index contributed by atoms with van der Waals surface area (Å²) in [6, 6.07) is 2.18. The topological polar surface area (TPSA) is 59.1 Å². The van der Waals surface area contributed by atoms with Gasteiger partial charge < -0.3 is 15.4 Å². The summed E-state index contributed by atoms with van der Waals surface area (Å²) in [5, 5.41) is 7.77. The number of fused-ring (bicyclic) bond motifs is 1. The molecule has 0 aliphatic carbocycles. The van der Waals surface area contributed by atoms with Gasteiger partial charge in [0.15, 0.2) is 0 Å². The van der Waals surface area contributed by atoms with Gasteiger partial charge in [-0.25, -0.2) is 9.97 Å². The molecule has 2 rings (SSSR count). The predicted molar refractivity (Wildman–Crippen MR) is 80.0 cm³/mol. The lowest BCUT2D eigenvalue weighted by molar-refractivity contribution is 0.200. The van der Waals surface area contributed by atoms with Gasteiger partial charge in [-0.2, -0.15) is 0 Å². The fraction of sp³-hybridized carbons (Fsp3) is 0.538. The molecule has 0 aliphatic rings. The molecule has 104 valence electrons. The van der Waals surface area contributed by atoms with E-state index in [1.807, 2.05) is 0 Å². The highest BCUT2D eigenvalue weighted by Crippen LogP contribution is 2.28. The zero-order valence-corrected chi connectivity index (χ0v) is 12.2. The Kier molecular flexibility index (Phi) is 5.50. The number of hydrogen-bond acceptors (Lipinski definition) is 6. The first kappa shape index (κ1) is 14.2. The standard InChI is InChI=1S/C13H20N4OS/c1-3-10-8-11-12(16-9-17-13(11)19-10)15-5-4-14-6-7-18-2/h8-9,14H,3-7H2,1-2H3,(H,15,16,17). The molecule has 2 heterocycles. The van der Waals surface area contributed by atoms with Crippen LogP contribution in [0.2, 0.25) is 0 Å². The van der Waals surface area contributed by atoms with Crippen LogP contribution in [0.3, 0.4) is 0 Å². The number of anilines is 1. The summed E-state index contributed by atoms with van der Waals surface area (Å²) in [5.74, 6) is 0.925. The van der Waals surface area contributed by atoms with Gasteiger partial charge in [-0.1, -0.05) is 6.92 Å². The molecule has 0 spiro atoms. The van der Waals surface area contributed by atoms with Gasteiger partial charge in [0.1, 0.15) is 17.0 Å². The monoisotopic (exact) mass is 280 g/mol. The Morgan fingerprint density at radius 3 is 2.95 bits per heavy atom. The Labute approximate surface area is 117 Å². The summed E-state index contributed by atoms with van der Waals surface area (Å²) in [6.07, 6.45) is 2.66. The second-order valence-corrected chi connectivity index (χ2v) is 5.29. The lowest BCUT2D eigenvalue weighted by atomic mass is 10.3. The van der Waals surface area contributed by atoms with E-state index in [4.69, 9.17) is 4.74 Å². The van der Waals surface area contributed by atoms with Crippen molar-refractivity contribution in [2.75, 3.05) is 38.7 Å². The minimum Gasteiger partial charge on any atom is -0.383 e.